The summed E-state index contributed by atoms with van der Waals surface area (Å²) < 4.78 is 0. The van der Waals surface area contributed by atoms with Gasteiger partial charge in [-0.25, -0.2) is 0 Å². The van der Waals surface area contributed by atoms with E-state index in [2.05, 4.69) is 172 Å². The van der Waals surface area contributed by atoms with E-state index in [4.69, 9.17) is 0 Å². The largest absolute Gasteiger partial charge is 0.310 e. The Morgan fingerprint density at radius 2 is 1.00 bits per heavy atom. The molecule has 1 spiro atoms. The zero-order chi connectivity index (χ0) is 37.1. The normalized spacial score (nSPS) is 26.0. The highest BCUT2D eigenvalue weighted by Crippen LogP contribution is 2.69. The topological polar surface area (TPSA) is 3.24 Å². The Kier molecular flexibility index (Phi) is 7.34. The highest BCUT2D eigenvalue weighted by molar-refractivity contribution is 5.92. The van der Waals surface area contributed by atoms with Crippen LogP contribution < -0.4 is 4.90 Å². The molecule has 6 aliphatic carbocycles. The molecule has 1 heteroatoms. The molecule has 12 rings (SSSR count). The van der Waals surface area contributed by atoms with Gasteiger partial charge in [-0.1, -0.05) is 137 Å². The van der Waals surface area contributed by atoms with Gasteiger partial charge >= 0.3 is 0 Å². The van der Waals surface area contributed by atoms with Crippen LogP contribution in [0.25, 0.3) is 33.4 Å². The van der Waals surface area contributed by atoms with Crippen molar-refractivity contribution in [1.82, 2.24) is 0 Å². The molecule has 0 saturated heterocycles. The average Bonchev–Trinajstić information content (AvgIpc) is 3.49. The third-order valence-electron chi connectivity index (χ3n) is 15.3. The van der Waals surface area contributed by atoms with E-state index in [0.717, 1.165) is 23.7 Å². The van der Waals surface area contributed by atoms with Crippen LogP contribution in [0, 0.1) is 23.7 Å². The predicted octanol–water partition coefficient (Wildman–Crippen LogP) is 14.6. The summed E-state index contributed by atoms with van der Waals surface area (Å²) in [6.45, 7) is 9.82. The van der Waals surface area contributed by atoms with E-state index in [9.17, 15) is 0 Å². The molecule has 0 aromatic heterocycles. The lowest BCUT2D eigenvalue weighted by molar-refractivity contribution is -0.0399. The third kappa shape index (κ3) is 4.90. The number of rotatable bonds is 5. The Morgan fingerprint density at radius 1 is 0.436 bits per heavy atom. The molecule has 0 radical (unpaired) electrons. The van der Waals surface area contributed by atoms with Crippen molar-refractivity contribution in [1.29, 1.82) is 0 Å². The minimum absolute atomic E-state index is 0.0852. The average molecular weight is 716 g/mol. The summed E-state index contributed by atoms with van der Waals surface area (Å²) >= 11 is 0. The predicted molar refractivity (Wildman–Crippen MR) is 231 cm³/mol. The molecule has 1 nitrogen and oxygen atoms in total. The van der Waals surface area contributed by atoms with Crippen molar-refractivity contribution in [3.8, 4) is 33.4 Å². The van der Waals surface area contributed by atoms with Gasteiger partial charge in [0.1, 0.15) is 0 Å². The Morgan fingerprint density at radius 3 is 1.75 bits per heavy atom. The molecule has 4 fully saturated rings. The quantitative estimate of drug-likeness (QED) is 0.172. The first kappa shape index (κ1) is 33.5. The highest BCUT2D eigenvalue weighted by Gasteiger charge is 2.61. The number of fused-ring (bicyclic) bond motifs is 4. The summed E-state index contributed by atoms with van der Waals surface area (Å²) in [5.74, 6) is 3.30. The van der Waals surface area contributed by atoms with Crippen LogP contribution in [0.15, 0.2) is 140 Å². The van der Waals surface area contributed by atoms with Crippen molar-refractivity contribution in [2.75, 3.05) is 4.90 Å². The first-order valence-corrected chi connectivity index (χ1v) is 21.2. The summed E-state index contributed by atoms with van der Waals surface area (Å²) in [7, 11) is 0. The van der Waals surface area contributed by atoms with Crippen LogP contribution >= 0.6 is 0 Å². The van der Waals surface area contributed by atoms with Crippen LogP contribution in [0.5, 0.6) is 0 Å². The minimum atomic E-state index is 0.0852. The molecule has 4 saturated carbocycles. The second-order valence-corrected chi connectivity index (χ2v) is 19.2. The second kappa shape index (κ2) is 12.1. The van der Waals surface area contributed by atoms with Gasteiger partial charge < -0.3 is 4.90 Å². The van der Waals surface area contributed by atoms with E-state index < -0.39 is 0 Å². The molecule has 0 aliphatic heterocycles. The van der Waals surface area contributed by atoms with Crippen LogP contribution in [-0.2, 0) is 16.2 Å². The van der Waals surface area contributed by atoms with Gasteiger partial charge in [-0.3, -0.25) is 0 Å². The molecule has 6 aliphatic rings. The number of hydrogen-bond acceptors (Lipinski definition) is 1. The van der Waals surface area contributed by atoms with Crippen LogP contribution in [0.4, 0.5) is 17.1 Å². The van der Waals surface area contributed by atoms with E-state index in [1.165, 1.54) is 107 Å². The Hall–Kier alpha value is -4.88. The SMILES string of the molecule is CC1(C)CCC(C)(C)c2c(-c3ccccc3N(c3ccc(-c4ccccc4)cc3)c3ccc4c(c3)C3(c5ccccc5-4)C4CC5CC(C4)CC3C5)cccc21. The third-order valence-corrected chi connectivity index (χ3v) is 15.3. The molecule has 274 valence electrons. The zero-order valence-electron chi connectivity index (χ0n) is 33.0. The molecule has 0 atom stereocenters. The minimum Gasteiger partial charge on any atom is -0.310 e. The van der Waals surface area contributed by atoms with Gasteiger partial charge in [0.05, 0.1) is 5.69 Å². The van der Waals surface area contributed by atoms with Crippen LogP contribution in [0.1, 0.15) is 94.9 Å². The fourth-order valence-electron chi connectivity index (χ4n) is 13.0. The van der Waals surface area contributed by atoms with Crippen molar-refractivity contribution in [3.63, 3.8) is 0 Å². The Bertz CT molecular complexity index is 2420. The maximum atomic E-state index is 2.66. The molecule has 55 heavy (non-hydrogen) atoms. The smallest absolute Gasteiger partial charge is 0.0540 e. The van der Waals surface area contributed by atoms with Crippen LogP contribution in [-0.4, -0.2) is 0 Å². The summed E-state index contributed by atoms with van der Waals surface area (Å²) in [6.07, 6.45) is 9.44. The maximum Gasteiger partial charge on any atom is 0.0540 e. The Labute approximate surface area is 328 Å². The summed E-state index contributed by atoms with van der Waals surface area (Å²) in [5, 5.41) is 0. The lowest BCUT2D eigenvalue weighted by Gasteiger charge is -2.61. The fraction of sp³-hybridized carbons (Fsp3) is 0.333. The van der Waals surface area contributed by atoms with Gasteiger partial charge in [0.15, 0.2) is 0 Å². The van der Waals surface area contributed by atoms with E-state index in [1.54, 1.807) is 11.1 Å². The monoisotopic (exact) mass is 715 g/mol. The van der Waals surface area contributed by atoms with Gasteiger partial charge in [-0.05, 0) is 160 Å². The number of anilines is 3. The maximum absolute atomic E-state index is 2.66. The summed E-state index contributed by atoms with van der Waals surface area (Å²) in [4.78, 5) is 2.59. The first-order valence-electron chi connectivity index (χ1n) is 21.2. The number of hydrogen-bond donors (Lipinski definition) is 0. The van der Waals surface area contributed by atoms with Gasteiger partial charge in [-0.15, -0.1) is 0 Å². The van der Waals surface area contributed by atoms with Crippen molar-refractivity contribution in [2.24, 2.45) is 23.7 Å². The molecule has 0 heterocycles. The van der Waals surface area contributed by atoms with E-state index in [1.807, 2.05) is 0 Å². The standard InChI is InChI=1S/C54H53N/c1-52(2)27-28-53(3,4)51-46(17-12-19-48(51)52)45-16-9-11-20-50(45)55(41-23-21-38(22-24-41)37-13-6-5-7-14-37)42-25-26-44-43-15-8-10-18-47(43)54(49(44)34-42)39-30-35-29-36(32-39)33-40(54)31-35/h5-26,34-36,39-40H,27-33H2,1-4H3. The fourth-order valence-corrected chi connectivity index (χ4v) is 13.0. The van der Waals surface area contributed by atoms with Crippen LogP contribution in [0.2, 0.25) is 0 Å². The zero-order valence-corrected chi connectivity index (χ0v) is 33.0. The van der Waals surface area contributed by atoms with Crippen molar-refractivity contribution in [2.45, 2.75) is 88.9 Å². The van der Waals surface area contributed by atoms with Gasteiger partial charge in [-0.2, -0.15) is 0 Å². The molecule has 0 amide bonds. The van der Waals surface area contributed by atoms with Crippen molar-refractivity contribution < 1.29 is 0 Å². The van der Waals surface area contributed by atoms with Gasteiger partial charge in [0.2, 0.25) is 0 Å². The molecule has 6 aromatic carbocycles. The van der Waals surface area contributed by atoms with E-state index in [-0.39, 0.29) is 16.2 Å². The second-order valence-electron chi connectivity index (χ2n) is 19.2. The Balaban J connectivity index is 1.13. The van der Waals surface area contributed by atoms with Crippen LogP contribution in [0.3, 0.4) is 0 Å². The molecule has 6 aromatic rings. The van der Waals surface area contributed by atoms with E-state index in [0.29, 0.717) is 0 Å². The number of nitrogens with zero attached hydrogens (tertiary/aromatic N) is 1. The van der Waals surface area contributed by atoms with E-state index >= 15 is 0 Å². The van der Waals surface area contributed by atoms with Gasteiger partial charge in [0, 0.05) is 22.4 Å². The number of benzene rings is 6. The van der Waals surface area contributed by atoms with Gasteiger partial charge in [0.25, 0.3) is 0 Å². The first-order chi connectivity index (χ1) is 26.7. The van der Waals surface area contributed by atoms with Crippen molar-refractivity contribution in [3.05, 3.63) is 162 Å². The summed E-state index contributed by atoms with van der Waals surface area (Å²) in [6, 6.07) is 53.6. The molecule has 0 N–H and O–H groups in total. The molecule has 4 bridgehead atoms. The lowest BCUT2D eigenvalue weighted by atomic mass is 9.43. The number of para-hydroxylation sites is 1. The lowest BCUT2D eigenvalue weighted by Crippen LogP contribution is -2.55. The molecular formula is C54H53N. The summed E-state index contributed by atoms with van der Waals surface area (Å²) in [5.41, 5.74) is 18.5. The highest BCUT2D eigenvalue weighted by atomic mass is 15.1. The molecular weight excluding hydrogens is 663 g/mol. The molecule has 0 unspecified atom stereocenters. The van der Waals surface area contributed by atoms with Crippen molar-refractivity contribution >= 4 is 17.1 Å².